The lowest BCUT2D eigenvalue weighted by Crippen LogP contribution is -2.42. The first-order valence-electron chi connectivity index (χ1n) is 6.09. The van der Waals surface area contributed by atoms with Crippen LogP contribution in [0.4, 0.5) is 0 Å². The summed E-state index contributed by atoms with van der Waals surface area (Å²) >= 11 is 0. The zero-order chi connectivity index (χ0) is 11.5. The molecule has 1 N–H and O–H groups in total. The summed E-state index contributed by atoms with van der Waals surface area (Å²) in [5.41, 5.74) is 1.26. The third-order valence-corrected chi connectivity index (χ3v) is 3.51. The van der Waals surface area contributed by atoms with Crippen molar-refractivity contribution in [3.05, 3.63) is 18.0 Å². The van der Waals surface area contributed by atoms with Crippen LogP contribution in [0.1, 0.15) is 31.5 Å². The van der Waals surface area contributed by atoms with E-state index in [9.17, 15) is 0 Å². The van der Waals surface area contributed by atoms with Gasteiger partial charge in [-0.3, -0.25) is 4.68 Å². The number of likely N-dealkylation sites (tertiary alicyclic amines) is 1. The Labute approximate surface area is 97.6 Å². The minimum Gasteiger partial charge on any atom is -0.306 e. The predicted octanol–water partition coefficient (Wildman–Crippen LogP) is 1.16. The fourth-order valence-corrected chi connectivity index (χ4v) is 2.42. The van der Waals surface area contributed by atoms with Gasteiger partial charge >= 0.3 is 0 Å². The van der Waals surface area contributed by atoms with Crippen molar-refractivity contribution in [1.82, 2.24) is 20.0 Å². The Balaban J connectivity index is 1.88. The lowest BCUT2D eigenvalue weighted by molar-refractivity contribution is 0.225. The SMILES string of the molecule is CC(NC1CCN(C)CC1)c1ccnn1C. The van der Waals surface area contributed by atoms with Crippen LogP contribution in [0.15, 0.2) is 12.3 Å². The summed E-state index contributed by atoms with van der Waals surface area (Å²) in [4.78, 5) is 2.40. The zero-order valence-corrected chi connectivity index (χ0v) is 10.5. The van der Waals surface area contributed by atoms with Crippen LogP contribution >= 0.6 is 0 Å². The Kier molecular flexibility index (Phi) is 3.61. The highest BCUT2D eigenvalue weighted by Crippen LogP contribution is 2.15. The molecule has 1 aliphatic heterocycles. The molecule has 1 saturated heterocycles. The second-order valence-corrected chi connectivity index (χ2v) is 4.85. The molecular formula is C12H22N4. The highest BCUT2D eigenvalue weighted by atomic mass is 15.3. The Morgan fingerprint density at radius 3 is 2.62 bits per heavy atom. The van der Waals surface area contributed by atoms with Crippen molar-refractivity contribution in [2.75, 3.05) is 20.1 Å². The van der Waals surface area contributed by atoms with Gasteiger partial charge in [0, 0.05) is 25.3 Å². The van der Waals surface area contributed by atoms with Crippen LogP contribution in [0.3, 0.4) is 0 Å². The average Bonchev–Trinajstić information content (AvgIpc) is 2.68. The fourth-order valence-electron chi connectivity index (χ4n) is 2.42. The van der Waals surface area contributed by atoms with Gasteiger partial charge < -0.3 is 10.2 Å². The van der Waals surface area contributed by atoms with Gasteiger partial charge in [0.1, 0.15) is 0 Å². The second-order valence-electron chi connectivity index (χ2n) is 4.85. The van der Waals surface area contributed by atoms with Crippen molar-refractivity contribution in [1.29, 1.82) is 0 Å². The number of piperidine rings is 1. The molecule has 0 radical (unpaired) electrons. The maximum absolute atomic E-state index is 4.21. The van der Waals surface area contributed by atoms with E-state index >= 15 is 0 Å². The van der Waals surface area contributed by atoms with Crippen LogP contribution in [0.5, 0.6) is 0 Å². The van der Waals surface area contributed by atoms with Gasteiger partial charge in [0.25, 0.3) is 0 Å². The highest BCUT2D eigenvalue weighted by Gasteiger charge is 2.19. The number of aromatic nitrogens is 2. The quantitative estimate of drug-likeness (QED) is 0.833. The first kappa shape index (κ1) is 11.6. The minimum absolute atomic E-state index is 0.390. The Morgan fingerprint density at radius 2 is 2.06 bits per heavy atom. The second kappa shape index (κ2) is 4.97. The van der Waals surface area contributed by atoms with E-state index in [0.717, 1.165) is 0 Å². The van der Waals surface area contributed by atoms with Gasteiger partial charge in [-0.1, -0.05) is 0 Å². The molecule has 0 bridgehead atoms. The molecule has 4 heteroatoms. The van der Waals surface area contributed by atoms with Crippen LogP contribution in [0, 0.1) is 0 Å². The smallest absolute Gasteiger partial charge is 0.0547 e. The Bertz CT molecular complexity index is 326. The van der Waals surface area contributed by atoms with E-state index in [0.29, 0.717) is 12.1 Å². The van der Waals surface area contributed by atoms with Gasteiger partial charge in [-0.25, -0.2) is 0 Å². The normalized spacial score (nSPS) is 21.2. The molecule has 1 unspecified atom stereocenters. The molecule has 0 aliphatic carbocycles. The van der Waals surface area contributed by atoms with Crippen LogP contribution < -0.4 is 5.32 Å². The van der Waals surface area contributed by atoms with Crippen molar-refractivity contribution in [2.45, 2.75) is 31.8 Å². The summed E-state index contributed by atoms with van der Waals surface area (Å²) in [6.45, 7) is 4.63. The lowest BCUT2D eigenvalue weighted by atomic mass is 10.0. The van der Waals surface area contributed by atoms with Gasteiger partial charge in [0.15, 0.2) is 0 Å². The third kappa shape index (κ3) is 2.62. The molecule has 1 aromatic rings. The first-order chi connectivity index (χ1) is 7.66. The molecule has 0 spiro atoms. The standard InChI is InChI=1S/C12H22N4/c1-10(12-4-7-13-16(12)3)14-11-5-8-15(2)9-6-11/h4,7,10-11,14H,5-6,8-9H2,1-3H3. The number of rotatable bonds is 3. The molecule has 0 saturated carbocycles. The Morgan fingerprint density at radius 1 is 1.38 bits per heavy atom. The number of hydrogen-bond acceptors (Lipinski definition) is 3. The van der Waals surface area contributed by atoms with Crippen LogP contribution in [-0.4, -0.2) is 40.9 Å². The van der Waals surface area contributed by atoms with Crippen molar-refractivity contribution in [2.24, 2.45) is 7.05 Å². The number of hydrogen-bond donors (Lipinski definition) is 1. The molecule has 1 fully saturated rings. The third-order valence-electron chi connectivity index (χ3n) is 3.51. The number of nitrogens with one attached hydrogen (secondary N) is 1. The molecule has 1 atom stereocenters. The maximum Gasteiger partial charge on any atom is 0.0547 e. The van der Waals surface area contributed by atoms with Crippen molar-refractivity contribution in [3.63, 3.8) is 0 Å². The minimum atomic E-state index is 0.390. The molecule has 2 heterocycles. The van der Waals surface area contributed by atoms with E-state index in [-0.39, 0.29) is 0 Å². The molecule has 2 rings (SSSR count). The van der Waals surface area contributed by atoms with E-state index in [2.05, 4.69) is 35.4 Å². The molecule has 4 nitrogen and oxygen atoms in total. The van der Waals surface area contributed by atoms with Gasteiger partial charge in [-0.15, -0.1) is 0 Å². The van der Waals surface area contributed by atoms with E-state index in [4.69, 9.17) is 0 Å². The topological polar surface area (TPSA) is 33.1 Å². The highest BCUT2D eigenvalue weighted by molar-refractivity contribution is 5.05. The summed E-state index contributed by atoms with van der Waals surface area (Å²) in [6.07, 6.45) is 4.36. The van der Waals surface area contributed by atoms with Crippen molar-refractivity contribution in [3.8, 4) is 0 Å². The molecule has 90 valence electrons. The van der Waals surface area contributed by atoms with E-state index < -0.39 is 0 Å². The lowest BCUT2D eigenvalue weighted by Gasteiger charge is -2.31. The predicted molar refractivity (Wildman–Crippen MR) is 65.3 cm³/mol. The van der Waals surface area contributed by atoms with E-state index in [1.165, 1.54) is 31.6 Å². The molecule has 1 aromatic heterocycles. The van der Waals surface area contributed by atoms with Crippen LogP contribution in [0.2, 0.25) is 0 Å². The number of nitrogens with zero attached hydrogens (tertiary/aromatic N) is 3. The summed E-state index contributed by atoms with van der Waals surface area (Å²) in [5, 5.41) is 7.91. The molecule has 1 aliphatic rings. The monoisotopic (exact) mass is 222 g/mol. The van der Waals surface area contributed by atoms with Gasteiger partial charge in [0.05, 0.1) is 5.69 Å². The maximum atomic E-state index is 4.21. The number of aryl methyl sites for hydroxylation is 1. The van der Waals surface area contributed by atoms with E-state index in [1.54, 1.807) is 0 Å². The molecule has 0 aromatic carbocycles. The van der Waals surface area contributed by atoms with Crippen molar-refractivity contribution >= 4 is 0 Å². The first-order valence-corrected chi connectivity index (χ1v) is 6.09. The van der Waals surface area contributed by atoms with Gasteiger partial charge in [-0.05, 0) is 46.0 Å². The molecule has 16 heavy (non-hydrogen) atoms. The Hall–Kier alpha value is -0.870. The van der Waals surface area contributed by atoms with Crippen LogP contribution in [0.25, 0.3) is 0 Å². The average molecular weight is 222 g/mol. The van der Waals surface area contributed by atoms with Gasteiger partial charge in [0.2, 0.25) is 0 Å². The largest absolute Gasteiger partial charge is 0.306 e. The summed E-state index contributed by atoms with van der Waals surface area (Å²) in [5.74, 6) is 0. The summed E-state index contributed by atoms with van der Waals surface area (Å²) in [7, 11) is 4.20. The van der Waals surface area contributed by atoms with E-state index in [1.807, 2.05) is 17.9 Å². The zero-order valence-electron chi connectivity index (χ0n) is 10.5. The summed E-state index contributed by atoms with van der Waals surface area (Å²) in [6, 6.07) is 3.13. The van der Waals surface area contributed by atoms with Crippen molar-refractivity contribution < 1.29 is 0 Å². The summed E-state index contributed by atoms with van der Waals surface area (Å²) < 4.78 is 1.95. The van der Waals surface area contributed by atoms with Crippen LogP contribution in [-0.2, 0) is 7.05 Å². The van der Waals surface area contributed by atoms with Gasteiger partial charge in [-0.2, -0.15) is 5.10 Å². The molecule has 0 amide bonds. The molecular weight excluding hydrogens is 200 g/mol. The fraction of sp³-hybridized carbons (Fsp3) is 0.750.